The van der Waals surface area contributed by atoms with Crippen molar-refractivity contribution in [3.8, 4) is 5.75 Å². The Hall–Kier alpha value is -0.870. The maximum atomic E-state index is 9.97. The minimum Gasteiger partial charge on any atom is -0.496 e. The number of benzene rings is 2. The van der Waals surface area contributed by atoms with Crippen molar-refractivity contribution >= 4 is 35.0 Å². The van der Waals surface area contributed by atoms with E-state index in [1.165, 1.54) is 11.8 Å². The first-order chi connectivity index (χ1) is 9.52. The smallest absolute Gasteiger partial charge is 0.125 e. The molecule has 0 saturated heterocycles. The van der Waals surface area contributed by atoms with Crippen molar-refractivity contribution in [2.24, 2.45) is 0 Å². The van der Waals surface area contributed by atoms with Gasteiger partial charge in [-0.1, -0.05) is 41.0 Å². The topological polar surface area (TPSA) is 29.5 Å². The first kappa shape index (κ1) is 15.5. The van der Waals surface area contributed by atoms with Crippen LogP contribution in [0.15, 0.2) is 46.2 Å². The Morgan fingerprint density at radius 2 is 1.90 bits per heavy atom. The van der Waals surface area contributed by atoms with Crippen LogP contribution in [-0.2, 0) is 0 Å². The van der Waals surface area contributed by atoms with E-state index in [0.29, 0.717) is 15.8 Å². The Balaban J connectivity index is 2.45. The highest BCUT2D eigenvalue weighted by Crippen LogP contribution is 2.41. The number of rotatable bonds is 4. The number of hydrogen-bond acceptors (Lipinski definition) is 3. The summed E-state index contributed by atoms with van der Waals surface area (Å²) >= 11 is 13.6. The molecule has 20 heavy (non-hydrogen) atoms. The molecule has 1 atom stereocenters. The molecule has 1 N–H and O–H groups in total. The number of halogens is 2. The fourth-order valence-corrected chi connectivity index (χ4v) is 3.46. The van der Waals surface area contributed by atoms with Crippen LogP contribution < -0.4 is 4.74 Å². The third-order valence-electron chi connectivity index (χ3n) is 2.78. The van der Waals surface area contributed by atoms with Crippen molar-refractivity contribution in [1.29, 1.82) is 0 Å². The number of aliphatic hydroxyl groups excluding tert-OH is 1. The summed E-state index contributed by atoms with van der Waals surface area (Å²) in [7, 11) is 1.59. The van der Waals surface area contributed by atoms with Crippen molar-refractivity contribution in [3.63, 3.8) is 0 Å². The van der Waals surface area contributed by atoms with Crippen LogP contribution >= 0.6 is 35.0 Å². The second kappa shape index (κ2) is 6.72. The zero-order valence-corrected chi connectivity index (χ0v) is 13.4. The van der Waals surface area contributed by atoms with Crippen LogP contribution in [0.3, 0.4) is 0 Å². The Morgan fingerprint density at radius 1 is 1.15 bits per heavy atom. The summed E-state index contributed by atoms with van der Waals surface area (Å²) < 4.78 is 5.31. The molecule has 0 aliphatic heterocycles. The van der Waals surface area contributed by atoms with E-state index in [9.17, 15) is 5.11 Å². The lowest BCUT2D eigenvalue weighted by Gasteiger charge is -2.16. The van der Waals surface area contributed by atoms with E-state index in [-0.39, 0.29) is 0 Å². The molecule has 0 radical (unpaired) electrons. The van der Waals surface area contributed by atoms with Crippen molar-refractivity contribution in [2.45, 2.75) is 22.8 Å². The van der Waals surface area contributed by atoms with Gasteiger partial charge in [0.1, 0.15) is 5.75 Å². The normalized spacial score (nSPS) is 12.2. The number of ether oxygens (including phenoxy) is 1. The molecule has 2 nitrogen and oxygen atoms in total. The molecule has 0 aromatic heterocycles. The molecular formula is C15H14Cl2O2S. The molecule has 2 aromatic carbocycles. The third-order valence-corrected chi connectivity index (χ3v) is 4.59. The van der Waals surface area contributed by atoms with Gasteiger partial charge in [-0.2, -0.15) is 0 Å². The van der Waals surface area contributed by atoms with Gasteiger partial charge in [0.25, 0.3) is 0 Å². The van der Waals surface area contributed by atoms with Gasteiger partial charge in [0.15, 0.2) is 0 Å². The molecule has 0 aliphatic rings. The minimum atomic E-state index is -0.633. The number of hydrogen-bond donors (Lipinski definition) is 1. The second-order valence-corrected chi connectivity index (χ2v) is 6.15. The largest absolute Gasteiger partial charge is 0.496 e. The van der Waals surface area contributed by atoms with Crippen LogP contribution in [-0.4, -0.2) is 12.2 Å². The van der Waals surface area contributed by atoms with Gasteiger partial charge in [0.05, 0.1) is 18.2 Å². The molecule has 0 fully saturated rings. The first-order valence-corrected chi connectivity index (χ1v) is 7.58. The van der Waals surface area contributed by atoms with E-state index in [0.717, 1.165) is 15.4 Å². The summed E-state index contributed by atoms with van der Waals surface area (Å²) in [6, 6.07) is 10.9. The lowest BCUT2D eigenvalue weighted by Crippen LogP contribution is -1.98. The van der Waals surface area contributed by atoms with Gasteiger partial charge in [0, 0.05) is 20.4 Å². The third kappa shape index (κ3) is 3.41. The van der Waals surface area contributed by atoms with Crippen LogP contribution in [0.25, 0.3) is 0 Å². The SMILES string of the molecule is COc1cccc(Sc2cc(Cl)ccc2Cl)c1[C@H](C)O. The highest BCUT2D eigenvalue weighted by Gasteiger charge is 2.16. The summed E-state index contributed by atoms with van der Waals surface area (Å²) in [5.74, 6) is 0.656. The molecule has 0 heterocycles. The predicted octanol–water partition coefficient (Wildman–Crippen LogP) is 5.21. The van der Waals surface area contributed by atoms with Crippen LogP contribution in [0.1, 0.15) is 18.6 Å². The standard InChI is InChI=1S/C15H14Cl2O2S/c1-9(18)15-12(19-2)4-3-5-13(15)20-14-8-10(16)6-7-11(14)17/h3-9,18H,1-2H3/t9-/m0/s1. The summed E-state index contributed by atoms with van der Waals surface area (Å²) in [5.41, 5.74) is 0.746. The lowest BCUT2D eigenvalue weighted by atomic mass is 10.1. The molecule has 0 amide bonds. The van der Waals surface area contributed by atoms with Crippen molar-refractivity contribution in [2.75, 3.05) is 7.11 Å². The van der Waals surface area contributed by atoms with Gasteiger partial charge in [0.2, 0.25) is 0 Å². The van der Waals surface area contributed by atoms with Gasteiger partial charge >= 0.3 is 0 Å². The Kier molecular flexibility index (Phi) is 5.22. The minimum absolute atomic E-state index is 0.624. The van der Waals surface area contributed by atoms with Gasteiger partial charge in [-0.3, -0.25) is 0 Å². The van der Waals surface area contributed by atoms with Crippen molar-refractivity contribution in [3.05, 3.63) is 52.0 Å². The maximum Gasteiger partial charge on any atom is 0.125 e. The highest BCUT2D eigenvalue weighted by atomic mass is 35.5. The van der Waals surface area contributed by atoms with Crippen LogP contribution in [0.5, 0.6) is 5.75 Å². The fourth-order valence-electron chi connectivity index (χ4n) is 1.88. The van der Waals surface area contributed by atoms with Gasteiger partial charge in [-0.25, -0.2) is 0 Å². The van der Waals surface area contributed by atoms with Crippen molar-refractivity contribution in [1.82, 2.24) is 0 Å². The van der Waals surface area contributed by atoms with E-state index < -0.39 is 6.10 Å². The number of methoxy groups -OCH3 is 1. The zero-order chi connectivity index (χ0) is 14.7. The van der Waals surface area contributed by atoms with Gasteiger partial charge in [-0.05, 0) is 37.3 Å². The van der Waals surface area contributed by atoms with Crippen molar-refractivity contribution < 1.29 is 9.84 Å². The average Bonchev–Trinajstić information content (AvgIpc) is 2.42. The summed E-state index contributed by atoms with van der Waals surface area (Å²) in [4.78, 5) is 1.73. The molecule has 106 valence electrons. The summed E-state index contributed by atoms with van der Waals surface area (Å²) in [6.45, 7) is 1.71. The molecular weight excluding hydrogens is 315 g/mol. The van der Waals surface area contributed by atoms with Crippen LogP contribution in [0.4, 0.5) is 0 Å². The van der Waals surface area contributed by atoms with Crippen LogP contribution in [0.2, 0.25) is 10.0 Å². The lowest BCUT2D eigenvalue weighted by molar-refractivity contribution is 0.191. The first-order valence-electron chi connectivity index (χ1n) is 6.00. The monoisotopic (exact) mass is 328 g/mol. The van der Waals surface area contributed by atoms with E-state index in [1.807, 2.05) is 18.2 Å². The molecule has 0 spiro atoms. The second-order valence-electron chi connectivity index (χ2n) is 4.22. The summed E-state index contributed by atoms with van der Waals surface area (Å²) in [6.07, 6.45) is -0.633. The fraction of sp³-hybridized carbons (Fsp3) is 0.200. The van der Waals surface area contributed by atoms with Gasteiger partial charge in [-0.15, -0.1) is 0 Å². The molecule has 2 rings (SSSR count). The number of aliphatic hydroxyl groups is 1. The maximum absolute atomic E-state index is 9.97. The quantitative estimate of drug-likeness (QED) is 0.835. The molecule has 0 aliphatic carbocycles. The molecule has 2 aromatic rings. The molecule has 5 heteroatoms. The van der Waals surface area contributed by atoms with E-state index >= 15 is 0 Å². The van der Waals surface area contributed by atoms with E-state index in [2.05, 4.69) is 0 Å². The van der Waals surface area contributed by atoms with Crippen LogP contribution in [0, 0.1) is 0 Å². The summed E-state index contributed by atoms with van der Waals surface area (Å²) in [5, 5.41) is 11.2. The molecule has 0 bridgehead atoms. The molecule has 0 saturated carbocycles. The van der Waals surface area contributed by atoms with Gasteiger partial charge < -0.3 is 9.84 Å². The average molecular weight is 329 g/mol. The Labute approximate surface area is 132 Å². The van der Waals surface area contributed by atoms with E-state index in [4.69, 9.17) is 27.9 Å². The highest BCUT2D eigenvalue weighted by molar-refractivity contribution is 7.99. The Morgan fingerprint density at radius 3 is 2.55 bits per heavy atom. The van der Waals surface area contributed by atoms with E-state index in [1.54, 1.807) is 32.2 Å². The zero-order valence-electron chi connectivity index (χ0n) is 11.1. The predicted molar refractivity (Wildman–Crippen MR) is 84.2 cm³/mol. The Bertz CT molecular complexity index is 615. The molecule has 0 unspecified atom stereocenters.